The van der Waals surface area contributed by atoms with Gasteiger partial charge in [-0.25, -0.2) is 0 Å². The van der Waals surface area contributed by atoms with E-state index < -0.39 is 7.32 Å². The van der Waals surface area contributed by atoms with Gasteiger partial charge in [0.25, 0.3) is 0 Å². The zero-order chi connectivity index (χ0) is 6.69. The summed E-state index contributed by atoms with van der Waals surface area (Å²) < 4.78 is 13.3. The summed E-state index contributed by atoms with van der Waals surface area (Å²) in [6, 6.07) is 0. The average Bonchev–Trinajstić information content (AvgIpc) is 2.15. The van der Waals surface area contributed by atoms with Crippen LogP contribution in [-0.2, 0) is 14.1 Å². The predicted molar refractivity (Wildman–Crippen MR) is 26.4 cm³/mol. The Hall–Kier alpha value is -0.875. The summed E-state index contributed by atoms with van der Waals surface area (Å²) in [6.07, 6.45) is 1.15. The largest absolute Gasteiger partial charge is 0.709 e. The molecule has 0 fully saturated rings. The second kappa shape index (κ2) is 2.61. The zero-order valence-corrected chi connectivity index (χ0v) is 4.48. The van der Waals surface area contributed by atoms with Gasteiger partial charge >= 0.3 is 13.3 Å². The summed E-state index contributed by atoms with van der Waals surface area (Å²) in [6.45, 7) is 0.0576. The first-order chi connectivity index (χ1) is 4.29. The van der Waals surface area contributed by atoms with Crippen LogP contribution in [0.3, 0.4) is 0 Å². The molecular formula is C3H5BO5. The lowest BCUT2D eigenvalue weighted by Crippen LogP contribution is -2.16. The van der Waals surface area contributed by atoms with Crippen LogP contribution in [0.15, 0.2) is 12.2 Å². The van der Waals surface area contributed by atoms with Gasteiger partial charge in [-0.1, -0.05) is 0 Å². The maximum atomic E-state index is 8.17. The molecule has 1 rings (SSSR count). The van der Waals surface area contributed by atoms with Gasteiger partial charge in [-0.05, 0) is 0 Å². The first kappa shape index (κ1) is 6.25. The Morgan fingerprint density at radius 3 is 2.89 bits per heavy atom. The Bertz CT molecular complexity index is 121. The molecule has 5 nitrogen and oxygen atoms in total. The second-order valence-corrected chi connectivity index (χ2v) is 1.31. The van der Waals surface area contributed by atoms with E-state index in [1.165, 1.54) is 0 Å². The van der Waals surface area contributed by atoms with Crippen LogP contribution < -0.4 is 0 Å². The van der Waals surface area contributed by atoms with Crippen LogP contribution in [0.25, 0.3) is 0 Å². The molecule has 1 heterocycles. The van der Waals surface area contributed by atoms with Gasteiger partial charge in [-0.15, -0.1) is 0 Å². The molecule has 9 heavy (non-hydrogen) atoms. The topological polar surface area (TPSA) is 68.2 Å². The third-order valence-corrected chi connectivity index (χ3v) is 0.670. The highest BCUT2D eigenvalue weighted by Crippen LogP contribution is 2.06. The summed E-state index contributed by atoms with van der Waals surface area (Å²) in [7, 11) is -1.85. The van der Waals surface area contributed by atoms with Gasteiger partial charge in [-0.2, -0.15) is 0 Å². The molecule has 1 aliphatic rings. The van der Waals surface area contributed by atoms with Gasteiger partial charge in [0, 0.05) is 0 Å². The van der Waals surface area contributed by atoms with E-state index >= 15 is 0 Å². The molecule has 0 unspecified atom stereocenters. The number of ether oxygens (including phenoxy) is 2. The van der Waals surface area contributed by atoms with Gasteiger partial charge in [0.15, 0.2) is 6.26 Å². The van der Waals surface area contributed by atoms with Crippen molar-refractivity contribution in [1.29, 1.82) is 0 Å². The third kappa shape index (κ3) is 1.83. The van der Waals surface area contributed by atoms with Gasteiger partial charge in [-0.3, -0.25) is 0 Å². The van der Waals surface area contributed by atoms with Crippen LogP contribution in [0.5, 0.6) is 0 Å². The van der Waals surface area contributed by atoms with Crippen molar-refractivity contribution in [2.24, 2.45) is 0 Å². The van der Waals surface area contributed by atoms with Gasteiger partial charge in [0.05, 0.1) is 0 Å². The molecule has 1 aliphatic heterocycles. The summed E-state index contributed by atoms with van der Waals surface area (Å²) in [5, 5.41) is 16.3. The maximum Gasteiger partial charge on any atom is 0.709 e. The van der Waals surface area contributed by atoms with Crippen LogP contribution in [0.1, 0.15) is 0 Å². The molecule has 0 spiro atoms. The third-order valence-electron chi connectivity index (χ3n) is 0.670. The molecule has 50 valence electrons. The summed E-state index contributed by atoms with van der Waals surface area (Å²) in [5.41, 5.74) is 0. The van der Waals surface area contributed by atoms with Crippen LogP contribution >= 0.6 is 0 Å². The van der Waals surface area contributed by atoms with E-state index in [4.69, 9.17) is 10.0 Å². The second-order valence-electron chi connectivity index (χ2n) is 1.31. The Morgan fingerprint density at radius 2 is 2.44 bits per heavy atom. The van der Waals surface area contributed by atoms with Crippen molar-refractivity contribution >= 4 is 7.32 Å². The van der Waals surface area contributed by atoms with E-state index in [1.54, 1.807) is 0 Å². The van der Waals surface area contributed by atoms with Crippen molar-refractivity contribution in [1.82, 2.24) is 0 Å². The monoisotopic (exact) mass is 132 g/mol. The Morgan fingerprint density at radius 1 is 1.67 bits per heavy atom. The fourth-order valence-electron chi connectivity index (χ4n) is 0.394. The fraction of sp³-hybridized carbons (Fsp3) is 0.333. The smallest absolute Gasteiger partial charge is 0.482 e. The molecular weight excluding hydrogens is 127 g/mol. The SMILES string of the molecule is OB(O)OC1=COCO1. The standard InChI is InChI=1S/C3H5BO5/c5-4(6)9-3-1-7-2-8-3/h1,5-6H,2H2. The lowest BCUT2D eigenvalue weighted by atomic mass is 10.3. The molecule has 0 aromatic carbocycles. The fourth-order valence-corrected chi connectivity index (χ4v) is 0.394. The molecule has 0 aromatic rings. The summed E-state index contributed by atoms with van der Waals surface area (Å²) >= 11 is 0. The van der Waals surface area contributed by atoms with Crippen molar-refractivity contribution in [2.75, 3.05) is 6.79 Å². The molecule has 6 heteroatoms. The molecule has 0 saturated carbocycles. The molecule has 0 aromatic heterocycles. The lowest BCUT2D eigenvalue weighted by Gasteiger charge is -2.00. The minimum Gasteiger partial charge on any atom is -0.482 e. The van der Waals surface area contributed by atoms with Crippen molar-refractivity contribution in [3.05, 3.63) is 12.2 Å². The minimum atomic E-state index is -1.85. The normalized spacial score (nSPS) is 15.6. The molecule has 0 atom stereocenters. The van der Waals surface area contributed by atoms with E-state index in [1.807, 2.05) is 0 Å². The van der Waals surface area contributed by atoms with Crippen LogP contribution in [0.2, 0.25) is 0 Å². The molecule has 0 bridgehead atoms. The van der Waals surface area contributed by atoms with Crippen LogP contribution in [0.4, 0.5) is 0 Å². The van der Waals surface area contributed by atoms with Crippen LogP contribution in [-0.4, -0.2) is 24.2 Å². The number of hydrogen-bond acceptors (Lipinski definition) is 5. The van der Waals surface area contributed by atoms with Gasteiger partial charge in [0.2, 0.25) is 6.79 Å². The van der Waals surface area contributed by atoms with Crippen molar-refractivity contribution in [2.45, 2.75) is 0 Å². The average molecular weight is 132 g/mol. The summed E-state index contributed by atoms with van der Waals surface area (Å²) in [5.74, 6) is -0.0231. The quantitative estimate of drug-likeness (QED) is 0.460. The van der Waals surface area contributed by atoms with E-state index in [2.05, 4.69) is 14.1 Å². The molecule has 0 aliphatic carbocycles. The molecule has 2 N–H and O–H groups in total. The highest BCUT2D eigenvalue weighted by Gasteiger charge is 2.17. The van der Waals surface area contributed by atoms with E-state index in [0.717, 1.165) is 6.26 Å². The van der Waals surface area contributed by atoms with Gasteiger partial charge < -0.3 is 24.2 Å². The molecule has 0 radical (unpaired) electrons. The zero-order valence-electron chi connectivity index (χ0n) is 4.48. The van der Waals surface area contributed by atoms with Crippen molar-refractivity contribution in [3.63, 3.8) is 0 Å². The van der Waals surface area contributed by atoms with E-state index in [-0.39, 0.29) is 12.7 Å². The number of hydrogen-bond donors (Lipinski definition) is 2. The predicted octanol–water partition coefficient (Wildman–Crippen LogP) is -1.22. The Balaban J connectivity index is 2.26. The highest BCUT2D eigenvalue weighted by atomic mass is 16.8. The van der Waals surface area contributed by atoms with E-state index in [9.17, 15) is 0 Å². The molecule has 0 amide bonds. The number of rotatable bonds is 2. The highest BCUT2D eigenvalue weighted by molar-refractivity contribution is 6.33. The van der Waals surface area contributed by atoms with Crippen molar-refractivity contribution < 1.29 is 24.2 Å². The van der Waals surface area contributed by atoms with Gasteiger partial charge in [0.1, 0.15) is 0 Å². The summed E-state index contributed by atoms with van der Waals surface area (Å²) in [4.78, 5) is 0. The first-order valence-corrected chi connectivity index (χ1v) is 2.26. The van der Waals surface area contributed by atoms with Crippen LogP contribution in [0, 0.1) is 0 Å². The Kier molecular flexibility index (Phi) is 1.81. The minimum absolute atomic E-state index is 0.0231. The van der Waals surface area contributed by atoms with Crippen molar-refractivity contribution in [3.8, 4) is 0 Å². The maximum absolute atomic E-state index is 8.17. The Labute approximate surface area is 51.6 Å². The lowest BCUT2D eigenvalue weighted by molar-refractivity contribution is 0.0316. The first-order valence-electron chi connectivity index (χ1n) is 2.26. The van der Waals surface area contributed by atoms with E-state index in [0.29, 0.717) is 0 Å². The molecule has 0 saturated heterocycles.